The number of halogens is 1. The number of para-hydroxylation sites is 1. The van der Waals surface area contributed by atoms with Gasteiger partial charge in [-0.05, 0) is 40.2 Å². The molecule has 0 aliphatic heterocycles. The van der Waals surface area contributed by atoms with Gasteiger partial charge in [0, 0.05) is 10.5 Å². The van der Waals surface area contributed by atoms with Crippen LogP contribution in [0.2, 0.25) is 0 Å². The van der Waals surface area contributed by atoms with E-state index in [0.29, 0.717) is 22.9 Å². The van der Waals surface area contributed by atoms with Gasteiger partial charge in [-0.25, -0.2) is 4.79 Å². The minimum absolute atomic E-state index is 0.367. The lowest BCUT2D eigenvalue weighted by molar-refractivity contribution is 0.262. The van der Waals surface area contributed by atoms with Crippen molar-refractivity contribution in [1.29, 1.82) is 0 Å². The van der Waals surface area contributed by atoms with Gasteiger partial charge in [0.05, 0.1) is 25.6 Å². The van der Waals surface area contributed by atoms with Crippen molar-refractivity contribution in [2.75, 3.05) is 24.9 Å². The van der Waals surface area contributed by atoms with Crippen LogP contribution in [0.15, 0.2) is 46.9 Å². The highest BCUT2D eigenvalue weighted by Crippen LogP contribution is 2.29. The lowest BCUT2D eigenvalue weighted by atomic mass is 10.2. The highest BCUT2D eigenvalue weighted by molar-refractivity contribution is 9.10. The van der Waals surface area contributed by atoms with Crippen LogP contribution in [-0.2, 0) is 0 Å². The Morgan fingerprint density at radius 1 is 1.00 bits per heavy atom. The predicted molar refractivity (Wildman–Crippen MR) is 86.3 cm³/mol. The number of rotatable bonds is 4. The van der Waals surface area contributed by atoms with Crippen LogP contribution in [0, 0.1) is 0 Å². The first-order chi connectivity index (χ1) is 10.1. The fourth-order valence-corrected chi connectivity index (χ4v) is 2.13. The molecule has 0 fully saturated rings. The zero-order valence-electron chi connectivity index (χ0n) is 11.6. The topological polar surface area (TPSA) is 59.6 Å². The van der Waals surface area contributed by atoms with Gasteiger partial charge in [-0.2, -0.15) is 0 Å². The van der Waals surface area contributed by atoms with Crippen molar-refractivity contribution < 1.29 is 14.3 Å². The Morgan fingerprint density at radius 3 is 2.38 bits per heavy atom. The van der Waals surface area contributed by atoms with E-state index in [4.69, 9.17) is 9.47 Å². The number of carbonyl (C=O) groups is 1. The Bertz CT molecular complexity index is 647. The number of carbonyl (C=O) groups excluding carboxylic acids is 1. The van der Waals surface area contributed by atoms with Crippen LogP contribution in [0.25, 0.3) is 0 Å². The van der Waals surface area contributed by atoms with E-state index in [9.17, 15) is 4.79 Å². The first kappa shape index (κ1) is 15.2. The van der Waals surface area contributed by atoms with E-state index < -0.39 is 0 Å². The number of urea groups is 1. The molecular weight excluding hydrogens is 336 g/mol. The van der Waals surface area contributed by atoms with Crippen LogP contribution in [0.1, 0.15) is 0 Å². The van der Waals surface area contributed by atoms with E-state index in [1.807, 2.05) is 18.2 Å². The summed E-state index contributed by atoms with van der Waals surface area (Å²) in [6.07, 6.45) is 0. The molecule has 0 unspecified atom stereocenters. The number of amides is 2. The lowest BCUT2D eigenvalue weighted by Gasteiger charge is -2.13. The van der Waals surface area contributed by atoms with Crippen LogP contribution in [0.4, 0.5) is 16.2 Å². The monoisotopic (exact) mass is 350 g/mol. The van der Waals surface area contributed by atoms with Crippen molar-refractivity contribution in [3.05, 3.63) is 46.9 Å². The Hall–Kier alpha value is -2.21. The molecule has 5 nitrogen and oxygen atoms in total. The van der Waals surface area contributed by atoms with Gasteiger partial charge >= 0.3 is 6.03 Å². The van der Waals surface area contributed by atoms with Crippen LogP contribution in [0.5, 0.6) is 11.5 Å². The van der Waals surface area contributed by atoms with E-state index in [2.05, 4.69) is 26.6 Å². The van der Waals surface area contributed by atoms with Crippen LogP contribution >= 0.6 is 15.9 Å². The Labute approximate surface area is 131 Å². The third-order valence-electron chi connectivity index (χ3n) is 2.78. The summed E-state index contributed by atoms with van der Waals surface area (Å²) in [7, 11) is 3.10. The highest BCUT2D eigenvalue weighted by Gasteiger charge is 2.10. The third-order valence-corrected chi connectivity index (χ3v) is 3.47. The summed E-state index contributed by atoms with van der Waals surface area (Å²) >= 11 is 3.37. The Balaban J connectivity index is 2.14. The summed E-state index contributed by atoms with van der Waals surface area (Å²) in [5.41, 5.74) is 1.21. The van der Waals surface area contributed by atoms with Crippen LogP contribution in [0.3, 0.4) is 0 Å². The summed E-state index contributed by atoms with van der Waals surface area (Å²) in [6.45, 7) is 0. The zero-order chi connectivity index (χ0) is 15.2. The molecule has 2 N–H and O–H groups in total. The smallest absolute Gasteiger partial charge is 0.323 e. The maximum Gasteiger partial charge on any atom is 0.323 e. The van der Waals surface area contributed by atoms with Gasteiger partial charge in [0.15, 0.2) is 0 Å². The number of nitrogens with one attached hydrogen (secondary N) is 2. The molecule has 0 atom stereocenters. The number of anilines is 2. The number of methoxy groups -OCH3 is 2. The fourth-order valence-electron chi connectivity index (χ4n) is 1.75. The highest BCUT2D eigenvalue weighted by atomic mass is 79.9. The molecule has 0 radical (unpaired) electrons. The average molecular weight is 351 g/mol. The van der Waals surface area contributed by atoms with E-state index in [0.717, 1.165) is 4.47 Å². The van der Waals surface area contributed by atoms with E-state index in [1.165, 1.54) is 0 Å². The Kier molecular flexibility index (Phi) is 5.05. The summed E-state index contributed by atoms with van der Waals surface area (Å²) in [4.78, 5) is 12.1. The van der Waals surface area contributed by atoms with E-state index in [1.54, 1.807) is 38.5 Å². The van der Waals surface area contributed by atoms with Crippen molar-refractivity contribution >= 4 is 33.3 Å². The fraction of sp³-hybridized carbons (Fsp3) is 0.133. The summed E-state index contributed by atoms with van der Waals surface area (Å²) in [5.74, 6) is 1.19. The summed E-state index contributed by atoms with van der Waals surface area (Å²) in [5, 5.41) is 5.49. The molecule has 110 valence electrons. The molecule has 21 heavy (non-hydrogen) atoms. The van der Waals surface area contributed by atoms with Gasteiger partial charge in [-0.15, -0.1) is 0 Å². The van der Waals surface area contributed by atoms with Gasteiger partial charge in [0.2, 0.25) is 0 Å². The molecule has 0 bridgehead atoms. The normalized spacial score (nSPS) is 9.86. The minimum Gasteiger partial charge on any atom is -0.497 e. The Morgan fingerprint density at radius 2 is 1.71 bits per heavy atom. The van der Waals surface area contributed by atoms with E-state index >= 15 is 0 Å². The molecule has 0 aliphatic carbocycles. The second-order valence-electron chi connectivity index (χ2n) is 4.13. The largest absolute Gasteiger partial charge is 0.497 e. The van der Waals surface area contributed by atoms with Gasteiger partial charge in [0.25, 0.3) is 0 Å². The van der Waals surface area contributed by atoms with Crippen molar-refractivity contribution in [2.24, 2.45) is 0 Å². The molecule has 6 heteroatoms. The molecule has 2 aromatic rings. The minimum atomic E-state index is -0.367. The van der Waals surface area contributed by atoms with Crippen LogP contribution in [-0.4, -0.2) is 20.3 Å². The van der Waals surface area contributed by atoms with Crippen LogP contribution < -0.4 is 20.1 Å². The maximum absolute atomic E-state index is 12.1. The van der Waals surface area contributed by atoms with E-state index in [-0.39, 0.29) is 6.03 Å². The lowest BCUT2D eigenvalue weighted by Crippen LogP contribution is -2.20. The molecule has 0 aliphatic rings. The second-order valence-corrected chi connectivity index (χ2v) is 4.98. The summed E-state index contributed by atoms with van der Waals surface area (Å²) < 4.78 is 11.2. The maximum atomic E-state index is 12.1. The quantitative estimate of drug-likeness (QED) is 0.872. The second kappa shape index (κ2) is 6.99. The standard InChI is InChI=1S/C15H15BrN2O3/c1-20-10-7-8-14(21-2)13(9-10)18-15(19)17-12-6-4-3-5-11(12)16/h3-9H,1-2H3,(H2,17,18,19). The number of hydrogen-bond acceptors (Lipinski definition) is 3. The molecule has 0 aromatic heterocycles. The van der Waals surface area contributed by atoms with Crippen molar-refractivity contribution in [2.45, 2.75) is 0 Å². The van der Waals surface area contributed by atoms with Crippen molar-refractivity contribution in [3.63, 3.8) is 0 Å². The molecule has 0 saturated heterocycles. The van der Waals surface area contributed by atoms with Gasteiger partial charge < -0.3 is 20.1 Å². The molecule has 0 heterocycles. The van der Waals surface area contributed by atoms with Crippen molar-refractivity contribution in [3.8, 4) is 11.5 Å². The third kappa shape index (κ3) is 3.88. The molecule has 2 amide bonds. The summed E-state index contributed by atoms with van der Waals surface area (Å²) in [6, 6.07) is 12.2. The molecule has 0 spiro atoms. The zero-order valence-corrected chi connectivity index (χ0v) is 13.2. The number of hydrogen-bond donors (Lipinski definition) is 2. The number of ether oxygens (including phenoxy) is 2. The van der Waals surface area contributed by atoms with Gasteiger partial charge in [0.1, 0.15) is 11.5 Å². The van der Waals surface area contributed by atoms with Gasteiger partial charge in [-0.3, -0.25) is 0 Å². The average Bonchev–Trinajstić information content (AvgIpc) is 2.49. The molecule has 2 aromatic carbocycles. The number of benzene rings is 2. The first-order valence-electron chi connectivity index (χ1n) is 6.18. The van der Waals surface area contributed by atoms with Crippen molar-refractivity contribution in [1.82, 2.24) is 0 Å². The molecule has 0 saturated carbocycles. The SMILES string of the molecule is COc1ccc(OC)c(NC(=O)Nc2ccccc2Br)c1. The predicted octanol–water partition coefficient (Wildman–Crippen LogP) is 4.11. The first-order valence-corrected chi connectivity index (χ1v) is 6.98. The molecular formula is C15H15BrN2O3. The van der Waals surface area contributed by atoms with Gasteiger partial charge in [-0.1, -0.05) is 12.1 Å². The molecule has 2 rings (SSSR count).